The van der Waals surface area contributed by atoms with Crippen LogP contribution < -0.4 is 5.32 Å². The fraction of sp³-hybridized carbons (Fsp3) is 0.500. The molecule has 0 bridgehead atoms. The summed E-state index contributed by atoms with van der Waals surface area (Å²) in [6.45, 7) is 2.11. The monoisotopic (exact) mass is 485 g/mol. The highest BCUT2D eigenvalue weighted by molar-refractivity contribution is 14.0. The molecule has 0 aliphatic carbocycles. The van der Waals surface area contributed by atoms with E-state index in [0.29, 0.717) is 16.6 Å². The molecule has 1 fully saturated rings. The van der Waals surface area contributed by atoms with E-state index in [4.69, 9.17) is 27.9 Å². The van der Waals surface area contributed by atoms with Crippen molar-refractivity contribution in [1.29, 1.82) is 0 Å². The van der Waals surface area contributed by atoms with Crippen molar-refractivity contribution in [3.63, 3.8) is 0 Å². The number of esters is 1. The van der Waals surface area contributed by atoms with Gasteiger partial charge in [0.25, 0.3) is 0 Å². The Morgan fingerprint density at radius 1 is 1.38 bits per heavy atom. The number of ether oxygens (including phenoxy) is 1. The minimum absolute atomic E-state index is 0. The van der Waals surface area contributed by atoms with Gasteiger partial charge in [-0.1, -0.05) is 29.3 Å². The minimum Gasteiger partial charge on any atom is -0.469 e. The lowest BCUT2D eigenvalue weighted by Gasteiger charge is -2.33. The maximum Gasteiger partial charge on any atom is 0.308 e. The molecule has 1 heterocycles. The zero-order valence-corrected chi connectivity index (χ0v) is 17.6. The van der Waals surface area contributed by atoms with Gasteiger partial charge >= 0.3 is 5.97 Å². The number of piperidine rings is 1. The molecule has 1 aromatic rings. The fourth-order valence-corrected chi connectivity index (χ4v) is 3.14. The van der Waals surface area contributed by atoms with Gasteiger partial charge in [-0.15, -0.1) is 24.0 Å². The van der Waals surface area contributed by atoms with Crippen molar-refractivity contribution in [3.05, 3.63) is 33.8 Å². The molecule has 24 heavy (non-hydrogen) atoms. The van der Waals surface area contributed by atoms with E-state index >= 15 is 0 Å². The maximum atomic E-state index is 11.6. The number of halogens is 3. The number of carbonyl (C=O) groups is 1. The summed E-state index contributed by atoms with van der Waals surface area (Å²) in [6, 6.07) is 5.44. The predicted molar refractivity (Wildman–Crippen MR) is 108 cm³/mol. The van der Waals surface area contributed by atoms with Gasteiger partial charge in [0.05, 0.1) is 13.0 Å². The van der Waals surface area contributed by atoms with Crippen LogP contribution >= 0.6 is 47.2 Å². The minimum atomic E-state index is -0.124. The number of benzene rings is 1. The van der Waals surface area contributed by atoms with Gasteiger partial charge in [-0.25, -0.2) is 0 Å². The summed E-state index contributed by atoms with van der Waals surface area (Å²) in [4.78, 5) is 18.0. The molecular weight excluding hydrogens is 464 g/mol. The van der Waals surface area contributed by atoms with Crippen LogP contribution in [-0.2, 0) is 16.1 Å². The van der Waals surface area contributed by atoms with Crippen LogP contribution in [0.25, 0.3) is 0 Å². The molecule has 0 aromatic heterocycles. The van der Waals surface area contributed by atoms with E-state index in [1.165, 1.54) is 7.11 Å². The molecule has 0 radical (unpaired) electrons. The average molecular weight is 486 g/mol. The van der Waals surface area contributed by atoms with Crippen molar-refractivity contribution in [3.8, 4) is 0 Å². The van der Waals surface area contributed by atoms with Crippen LogP contribution in [0.2, 0.25) is 10.0 Å². The quantitative estimate of drug-likeness (QED) is 0.308. The van der Waals surface area contributed by atoms with Gasteiger partial charge in [-0.05, 0) is 30.5 Å². The summed E-state index contributed by atoms with van der Waals surface area (Å²) >= 11 is 12.1. The molecule has 0 saturated carbocycles. The molecule has 1 aliphatic heterocycles. The number of likely N-dealkylation sites (tertiary alicyclic amines) is 1. The fourth-order valence-electron chi connectivity index (χ4n) is 2.67. The SMILES string of the molecule is CN=C(NCc1ccc(Cl)cc1Cl)N1CCC(C(=O)OC)CC1.I. The zero-order valence-electron chi connectivity index (χ0n) is 13.7. The second kappa shape index (κ2) is 10.3. The van der Waals surface area contributed by atoms with Crippen LogP contribution in [0.3, 0.4) is 0 Å². The lowest BCUT2D eigenvalue weighted by atomic mass is 9.97. The average Bonchev–Trinajstić information content (AvgIpc) is 2.57. The highest BCUT2D eigenvalue weighted by Gasteiger charge is 2.26. The molecule has 134 valence electrons. The number of nitrogens with zero attached hydrogens (tertiary/aromatic N) is 2. The van der Waals surface area contributed by atoms with Crippen molar-refractivity contribution in [2.75, 3.05) is 27.2 Å². The van der Waals surface area contributed by atoms with E-state index < -0.39 is 0 Å². The van der Waals surface area contributed by atoms with Crippen LogP contribution in [0, 0.1) is 5.92 Å². The van der Waals surface area contributed by atoms with Crippen molar-refractivity contribution in [1.82, 2.24) is 10.2 Å². The normalized spacial score (nSPS) is 15.7. The Hall–Kier alpha value is -0.730. The van der Waals surface area contributed by atoms with Gasteiger partial charge in [0.1, 0.15) is 0 Å². The van der Waals surface area contributed by atoms with Crippen LogP contribution in [0.4, 0.5) is 0 Å². The largest absolute Gasteiger partial charge is 0.469 e. The first-order valence-corrected chi connectivity index (χ1v) is 8.28. The summed E-state index contributed by atoms with van der Waals surface area (Å²) in [5.74, 6) is 0.667. The molecule has 1 aromatic carbocycles. The summed E-state index contributed by atoms with van der Waals surface area (Å²) in [5.41, 5.74) is 0.960. The maximum absolute atomic E-state index is 11.6. The predicted octanol–water partition coefficient (Wildman–Crippen LogP) is 3.57. The molecule has 0 amide bonds. The lowest BCUT2D eigenvalue weighted by Crippen LogP contribution is -2.46. The molecule has 0 unspecified atom stereocenters. The smallest absolute Gasteiger partial charge is 0.308 e. The van der Waals surface area contributed by atoms with Crippen LogP contribution in [0.5, 0.6) is 0 Å². The van der Waals surface area contributed by atoms with Crippen molar-refractivity contribution >= 4 is 59.1 Å². The molecule has 0 atom stereocenters. The Morgan fingerprint density at radius 3 is 2.58 bits per heavy atom. The molecule has 5 nitrogen and oxygen atoms in total. The van der Waals surface area contributed by atoms with E-state index in [0.717, 1.165) is 37.5 Å². The number of hydrogen-bond donors (Lipinski definition) is 1. The Bertz CT molecular complexity index is 591. The Labute approximate surface area is 169 Å². The highest BCUT2D eigenvalue weighted by Crippen LogP contribution is 2.21. The molecular formula is C16H22Cl2IN3O2. The molecule has 0 spiro atoms. The van der Waals surface area contributed by atoms with Crippen LogP contribution in [0.15, 0.2) is 23.2 Å². The first-order valence-electron chi connectivity index (χ1n) is 7.52. The van der Waals surface area contributed by atoms with E-state index in [1.54, 1.807) is 13.1 Å². The lowest BCUT2D eigenvalue weighted by molar-refractivity contribution is -0.146. The number of hydrogen-bond acceptors (Lipinski definition) is 3. The third kappa shape index (κ3) is 5.67. The third-order valence-electron chi connectivity index (χ3n) is 3.99. The van der Waals surface area contributed by atoms with Gasteiger partial charge in [0.15, 0.2) is 5.96 Å². The molecule has 1 saturated heterocycles. The van der Waals surface area contributed by atoms with Gasteiger partial charge in [-0.3, -0.25) is 9.79 Å². The molecule has 1 aliphatic rings. The zero-order chi connectivity index (χ0) is 16.8. The Morgan fingerprint density at radius 2 is 2.04 bits per heavy atom. The van der Waals surface area contributed by atoms with Crippen LogP contribution in [0.1, 0.15) is 18.4 Å². The molecule has 1 N–H and O–H groups in total. The summed E-state index contributed by atoms with van der Waals surface area (Å²) < 4.78 is 4.81. The summed E-state index contributed by atoms with van der Waals surface area (Å²) in [6.07, 6.45) is 1.55. The highest BCUT2D eigenvalue weighted by atomic mass is 127. The topological polar surface area (TPSA) is 53.9 Å². The van der Waals surface area contributed by atoms with E-state index in [2.05, 4.69) is 15.2 Å². The third-order valence-corrected chi connectivity index (χ3v) is 4.58. The standard InChI is InChI=1S/C16H21Cl2N3O2.HI/c1-19-16(20-10-12-3-4-13(17)9-14(12)18)21-7-5-11(6-8-21)15(22)23-2;/h3-4,9,11H,5-8,10H2,1-2H3,(H,19,20);1H. The van der Waals surface area contributed by atoms with Gasteiger partial charge in [-0.2, -0.15) is 0 Å². The second-order valence-electron chi connectivity index (χ2n) is 5.42. The number of rotatable bonds is 3. The Kier molecular flexibility index (Phi) is 9.15. The van der Waals surface area contributed by atoms with E-state index in [9.17, 15) is 4.79 Å². The van der Waals surface area contributed by atoms with Gasteiger partial charge < -0.3 is 15.0 Å². The van der Waals surface area contributed by atoms with Crippen molar-refractivity contribution in [2.24, 2.45) is 10.9 Å². The number of nitrogens with one attached hydrogen (secondary N) is 1. The second-order valence-corrected chi connectivity index (χ2v) is 6.26. The van der Waals surface area contributed by atoms with E-state index in [1.807, 2.05) is 12.1 Å². The summed E-state index contributed by atoms with van der Waals surface area (Å²) in [5, 5.41) is 4.55. The first kappa shape index (κ1) is 21.3. The number of guanidine groups is 1. The van der Waals surface area contributed by atoms with E-state index in [-0.39, 0.29) is 35.9 Å². The van der Waals surface area contributed by atoms with Crippen molar-refractivity contribution in [2.45, 2.75) is 19.4 Å². The van der Waals surface area contributed by atoms with Crippen LogP contribution in [-0.4, -0.2) is 44.1 Å². The first-order chi connectivity index (χ1) is 11.0. The Balaban J connectivity index is 0.00000288. The number of carbonyl (C=O) groups excluding carboxylic acids is 1. The number of methoxy groups -OCH3 is 1. The summed E-state index contributed by atoms with van der Waals surface area (Å²) in [7, 11) is 3.18. The molecule has 8 heteroatoms. The molecule has 2 rings (SSSR count). The van der Waals surface area contributed by atoms with Gasteiger partial charge in [0.2, 0.25) is 0 Å². The van der Waals surface area contributed by atoms with Crippen molar-refractivity contribution < 1.29 is 9.53 Å². The van der Waals surface area contributed by atoms with Gasteiger partial charge in [0, 0.05) is 36.7 Å². The number of aliphatic imine (C=N–C) groups is 1.